The Hall–Kier alpha value is -3.45. The Morgan fingerprint density at radius 1 is 0.967 bits per heavy atom. The van der Waals surface area contributed by atoms with Crippen molar-refractivity contribution in [1.29, 1.82) is 0 Å². The lowest BCUT2D eigenvalue weighted by atomic mass is 10.1. The Kier molecular flexibility index (Phi) is 4.80. The summed E-state index contributed by atoms with van der Waals surface area (Å²) in [6, 6.07) is 17.3. The molecule has 0 N–H and O–H groups in total. The molecule has 0 unspecified atom stereocenters. The second-order valence-electron chi connectivity index (χ2n) is 7.61. The third kappa shape index (κ3) is 3.59. The normalized spacial score (nSPS) is 15.0. The number of benzene rings is 2. The van der Waals surface area contributed by atoms with Gasteiger partial charge in [0.25, 0.3) is 5.91 Å². The number of fused-ring (bicyclic) bond motifs is 1. The van der Waals surface area contributed by atoms with Gasteiger partial charge in [-0.2, -0.15) is 0 Å². The van der Waals surface area contributed by atoms with Crippen LogP contribution in [0, 0.1) is 6.92 Å². The van der Waals surface area contributed by atoms with E-state index in [4.69, 9.17) is 9.05 Å². The molecule has 0 saturated carbocycles. The van der Waals surface area contributed by atoms with Crippen LogP contribution in [-0.4, -0.2) is 52.2 Å². The topological polar surface area (TPSA) is 75.6 Å². The maximum absolute atomic E-state index is 13.1. The summed E-state index contributed by atoms with van der Waals surface area (Å²) in [5.74, 6) is 1.58. The zero-order chi connectivity index (χ0) is 20.5. The van der Waals surface area contributed by atoms with Gasteiger partial charge in [-0.3, -0.25) is 9.69 Å². The van der Waals surface area contributed by atoms with E-state index < -0.39 is 0 Å². The second-order valence-corrected chi connectivity index (χ2v) is 7.61. The van der Waals surface area contributed by atoms with E-state index in [0.29, 0.717) is 24.4 Å². The molecule has 1 amide bonds. The number of piperazine rings is 1. The van der Waals surface area contributed by atoms with Gasteiger partial charge in [-0.05, 0) is 25.1 Å². The Labute approximate surface area is 173 Å². The smallest absolute Gasteiger partial charge is 0.253 e. The minimum Gasteiger partial charge on any atom is -0.360 e. The highest BCUT2D eigenvalue weighted by molar-refractivity contribution is 6.01. The van der Waals surface area contributed by atoms with Crippen LogP contribution in [-0.2, 0) is 6.54 Å². The molecule has 30 heavy (non-hydrogen) atoms. The fourth-order valence-electron chi connectivity index (χ4n) is 3.88. The van der Waals surface area contributed by atoms with Gasteiger partial charge in [0.2, 0.25) is 0 Å². The Balaban J connectivity index is 1.30. The first-order valence-electron chi connectivity index (χ1n) is 10.1. The van der Waals surface area contributed by atoms with Gasteiger partial charge in [0.1, 0.15) is 5.52 Å². The maximum Gasteiger partial charge on any atom is 0.253 e. The second kappa shape index (κ2) is 7.76. The molecular weight excluding hydrogens is 380 g/mol. The van der Waals surface area contributed by atoms with Crippen LogP contribution in [0.5, 0.6) is 0 Å². The summed E-state index contributed by atoms with van der Waals surface area (Å²) in [5.41, 5.74) is 3.23. The summed E-state index contributed by atoms with van der Waals surface area (Å²) in [7, 11) is 0. The molecule has 2 aromatic heterocycles. The predicted molar refractivity (Wildman–Crippen MR) is 112 cm³/mol. The number of aromatic nitrogens is 2. The number of aryl methyl sites for hydroxylation is 1. The van der Waals surface area contributed by atoms with E-state index in [-0.39, 0.29) is 5.91 Å². The van der Waals surface area contributed by atoms with Gasteiger partial charge in [-0.15, -0.1) is 0 Å². The van der Waals surface area contributed by atoms with Crippen LogP contribution in [0.3, 0.4) is 0 Å². The van der Waals surface area contributed by atoms with Crippen LogP contribution >= 0.6 is 0 Å². The molecular formula is C23H22N4O3. The van der Waals surface area contributed by atoms with Gasteiger partial charge in [-0.25, -0.2) is 0 Å². The van der Waals surface area contributed by atoms with E-state index in [1.165, 1.54) is 0 Å². The fraction of sp³-hybridized carbons (Fsp3) is 0.261. The van der Waals surface area contributed by atoms with Crippen molar-refractivity contribution in [2.45, 2.75) is 13.5 Å². The summed E-state index contributed by atoms with van der Waals surface area (Å²) >= 11 is 0. The number of rotatable bonds is 4. The number of carbonyl (C=O) groups is 1. The number of carbonyl (C=O) groups excluding carboxylic acids is 1. The molecule has 3 heterocycles. The maximum atomic E-state index is 13.1. The summed E-state index contributed by atoms with van der Waals surface area (Å²) < 4.78 is 10.9. The lowest BCUT2D eigenvalue weighted by molar-refractivity contribution is 0.0617. The summed E-state index contributed by atoms with van der Waals surface area (Å²) in [5, 5.41) is 8.93. The van der Waals surface area contributed by atoms with E-state index in [1.54, 1.807) is 0 Å². The van der Waals surface area contributed by atoms with E-state index >= 15 is 0 Å². The Morgan fingerprint density at radius 2 is 1.77 bits per heavy atom. The molecule has 1 fully saturated rings. The van der Waals surface area contributed by atoms with Crippen molar-refractivity contribution in [1.82, 2.24) is 20.1 Å². The van der Waals surface area contributed by atoms with Crippen molar-refractivity contribution in [2.75, 3.05) is 26.2 Å². The van der Waals surface area contributed by atoms with Crippen molar-refractivity contribution in [3.05, 3.63) is 71.6 Å². The number of nitrogens with zero attached hydrogens (tertiary/aromatic N) is 4. The van der Waals surface area contributed by atoms with Crippen LogP contribution in [0.1, 0.15) is 21.8 Å². The van der Waals surface area contributed by atoms with Crippen molar-refractivity contribution < 1.29 is 13.8 Å². The summed E-state index contributed by atoms with van der Waals surface area (Å²) in [6.45, 7) is 5.60. The van der Waals surface area contributed by atoms with Crippen LogP contribution in [0.4, 0.5) is 0 Å². The minimum atomic E-state index is 0.0345. The first-order valence-corrected chi connectivity index (χ1v) is 10.1. The first kappa shape index (κ1) is 18.6. The SMILES string of the molecule is Cc1cc(CN2CCN(C(=O)c3ccc4noc(-c5ccccc5)c4c3)CC2)on1. The van der Waals surface area contributed by atoms with Gasteiger partial charge >= 0.3 is 0 Å². The van der Waals surface area contributed by atoms with Crippen molar-refractivity contribution in [2.24, 2.45) is 0 Å². The third-order valence-electron chi connectivity index (χ3n) is 5.48. The van der Waals surface area contributed by atoms with E-state index in [1.807, 2.05) is 66.4 Å². The molecule has 4 aromatic rings. The number of hydrogen-bond donors (Lipinski definition) is 0. The Bertz CT molecular complexity index is 1170. The molecule has 5 rings (SSSR count). The van der Waals surface area contributed by atoms with Crippen LogP contribution in [0.15, 0.2) is 63.6 Å². The average Bonchev–Trinajstić information content (AvgIpc) is 3.39. The molecule has 0 atom stereocenters. The Morgan fingerprint density at radius 3 is 2.50 bits per heavy atom. The van der Waals surface area contributed by atoms with Gasteiger partial charge in [0.05, 0.1) is 17.6 Å². The van der Waals surface area contributed by atoms with E-state index in [0.717, 1.165) is 47.6 Å². The molecule has 1 aliphatic rings. The molecule has 0 radical (unpaired) electrons. The van der Waals surface area contributed by atoms with E-state index in [2.05, 4.69) is 15.2 Å². The molecule has 1 saturated heterocycles. The summed E-state index contributed by atoms with van der Waals surface area (Å²) in [4.78, 5) is 17.3. The molecule has 0 aliphatic carbocycles. The van der Waals surface area contributed by atoms with Crippen molar-refractivity contribution >= 4 is 16.8 Å². The largest absolute Gasteiger partial charge is 0.360 e. The van der Waals surface area contributed by atoms with Crippen LogP contribution in [0.25, 0.3) is 22.2 Å². The number of hydrogen-bond acceptors (Lipinski definition) is 6. The number of amides is 1. The highest BCUT2D eigenvalue weighted by atomic mass is 16.5. The van der Waals surface area contributed by atoms with Gasteiger partial charge in [0.15, 0.2) is 11.5 Å². The molecule has 1 aliphatic heterocycles. The van der Waals surface area contributed by atoms with Crippen LogP contribution in [0.2, 0.25) is 0 Å². The highest BCUT2D eigenvalue weighted by Gasteiger charge is 2.24. The molecule has 7 nitrogen and oxygen atoms in total. The third-order valence-corrected chi connectivity index (χ3v) is 5.48. The van der Waals surface area contributed by atoms with Gasteiger partial charge < -0.3 is 13.9 Å². The lowest BCUT2D eigenvalue weighted by Crippen LogP contribution is -2.48. The quantitative estimate of drug-likeness (QED) is 0.518. The average molecular weight is 402 g/mol. The lowest BCUT2D eigenvalue weighted by Gasteiger charge is -2.34. The molecule has 152 valence electrons. The van der Waals surface area contributed by atoms with Crippen molar-refractivity contribution in [3.63, 3.8) is 0 Å². The predicted octanol–water partition coefficient (Wildman–Crippen LogP) is 3.75. The molecule has 2 aromatic carbocycles. The molecule has 0 spiro atoms. The van der Waals surface area contributed by atoms with Gasteiger partial charge in [-0.1, -0.05) is 40.6 Å². The fourth-order valence-corrected chi connectivity index (χ4v) is 3.88. The first-order chi connectivity index (χ1) is 14.7. The van der Waals surface area contributed by atoms with Crippen molar-refractivity contribution in [3.8, 4) is 11.3 Å². The zero-order valence-electron chi connectivity index (χ0n) is 16.7. The monoisotopic (exact) mass is 402 g/mol. The summed E-state index contributed by atoms with van der Waals surface area (Å²) in [6.07, 6.45) is 0. The highest BCUT2D eigenvalue weighted by Crippen LogP contribution is 2.29. The van der Waals surface area contributed by atoms with E-state index in [9.17, 15) is 4.79 Å². The molecule has 0 bridgehead atoms. The van der Waals surface area contributed by atoms with Gasteiger partial charge in [0, 0.05) is 43.4 Å². The van der Waals surface area contributed by atoms with Crippen LogP contribution < -0.4 is 0 Å². The minimum absolute atomic E-state index is 0.0345. The zero-order valence-corrected chi connectivity index (χ0v) is 16.7. The molecule has 7 heteroatoms. The standard InChI is InChI=1S/C23H22N4O3/c1-16-13-19(29-24-16)15-26-9-11-27(12-10-26)23(28)18-7-8-21-20(14-18)22(30-25-21)17-5-3-2-4-6-17/h2-8,13-14H,9-12,15H2,1H3.